The second kappa shape index (κ2) is 8.52. The van der Waals surface area contributed by atoms with Crippen LogP contribution in [-0.2, 0) is 16.1 Å². The molecular formula is C22H22N2O4. The highest BCUT2D eigenvalue weighted by Gasteiger charge is 2.15. The van der Waals surface area contributed by atoms with Crippen molar-refractivity contribution in [2.45, 2.75) is 20.4 Å². The molecule has 0 aliphatic rings. The van der Waals surface area contributed by atoms with Crippen LogP contribution in [0.15, 0.2) is 48.5 Å². The molecule has 0 spiro atoms. The van der Waals surface area contributed by atoms with Gasteiger partial charge < -0.3 is 14.8 Å². The molecule has 0 fully saturated rings. The summed E-state index contributed by atoms with van der Waals surface area (Å²) in [7, 11) is 1.57. The number of carbonyl (C=O) groups is 2. The Kier molecular flexibility index (Phi) is 5.89. The Morgan fingerprint density at radius 3 is 2.64 bits per heavy atom. The third-order valence-corrected chi connectivity index (χ3v) is 4.38. The molecule has 28 heavy (non-hydrogen) atoms. The smallest absolute Gasteiger partial charge is 0.340 e. The number of aryl methyl sites for hydroxylation is 2. The summed E-state index contributed by atoms with van der Waals surface area (Å²) in [6.45, 7) is 3.65. The van der Waals surface area contributed by atoms with Crippen molar-refractivity contribution in [3.05, 3.63) is 70.9 Å². The van der Waals surface area contributed by atoms with E-state index in [4.69, 9.17) is 9.47 Å². The Morgan fingerprint density at radius 2 is 1.86 bits per heavy atom. The zero-order valence-corrected chi connectivity index (χ0v) is 16.1. The van der Waals surface area contributed by atoms with Gasteiger partial charge in [-0.25, -0.2) is 4.79 Å². The molecule has 0 aliphatic heterocycles. The van der Waals surface area contributed by atoms with E-state index in [9.17, 15) is 9.59 Å². The molecule has 0 radical (unpaired) electrons. The van der Waals surface area contributed by atoms with E-state index >= 15 is 0 Å². The van der Waals surface area contributed by atoms with Gasteiger partial charge in [0, 0.05) is 17.5 Å². The molecule has 1 amide bonds. The molecule has 0 saturated heterocycles. The predicted octanol–water partition coefficient (Wildman–Crippen LogP) is 3.33. The van der Waals surface area contributed by atoms with Gasteiger partial charge in [0.1, 0.15) is 5.75 Å². The van der Waals surface area contributed by atoms with Crippen LogP contribution in [0.2, 0.25) is 0 Å². The maximum Gasteiger partial charge on any atom is 0.340 e. The number of hydrogen-bond donors (Lipinski definition) is 1. The lowest BCUT2D eigenvalue weighted by Crippen LogP contribution is -2.28. The summed E-state index contributed by atoms with van der Waals surface area (Å²) in [5.74, 6) is -0.268. The zero-order chi connectivity index (χ0) is 20.1. The summed E-state index contributed by atoms with van der Waals surface area (Å²) in [6.07, 6.45) is 0. The Labute approximate surface area is 163 Å². The standard InChI is InChI=1S/C22H22N2O4/c1-14-8-9-19-17(10-14)11-18(15(2)24-19)22(26)28-13-21(25)23-12-16-6-4-5-7-20(16)27-3/h4-11H,12-13H2,1-3H3,(H,23,25). The van der Waals surface area contributed by atoms with E-state index in [2.05, 4.69) is 10.3 Å². The van der Waals surface area contributed by atoms with Gasteiger partial charge in [0.25, 0.3) is 5.91 Å². The van der Waals surface area contributed by atoms with Crippen molar-refractivity contribution >= 4 is 22.8 Å². The molecule has 6 heteroatoms. The van der Waals surface area contributed by atoms with Gasteiger partial charge in [-0.2, -0.15) is 0 Å². The zero-order valence-electron chi connectivity index (χ0n) is 16.1. The summed E-state index contributed by atoms with van der Waals surface area (Å²) in [5, 5.41) is 3.58. The van der Waals surface area contributed by atoms with Crippen LogP contribution in [0.3, 0.4) is 0 Å². The van der Waals surface area contributed by atoms with Gasteiger partial charge in [0.05, 0.1) is 23.9 Å². The number of ether oxygens (including phenoxy) is 2. The van der Waals surface area contributed by atoms with Crippen LogP contribution in [0.4, 0.5) is 0 Å². The van der Waals surface area contributed by atoms with E-state index in [-0.39, 0.29) is 19.1 Å². The maximum absolute atomic E-state index is 12.4. The summed E-state index contributed by atoms with van der Waals surface area (Å²) in [5.41, 5.74) is 3.66. The molecule has 2 aromatic carbocycles. The van der Waals surface area contributed by atoms with Crippen molar-refractivity contribution in [2.24, 2.45) is 0 Å². The van der Waals surface area contributed by atoms with Crippen molar-refractivity contribution in [3.63, 3.8) is 0 Å². The molecule has 0 unspecified atom stereocenters. The molecule has 1 heterocycles. The minimum absolute atomic E-state index is 0.288. The first-order valence-corrected chi connectivity index (χ1v) is 8.91. The number of benzene rings is 2. The second-order valence-corrected chi connectivity index (χ2v) is 6.48. The topological polar surface area (TPSA) is 77.5 Å². The lowest BCUT2D eigenvalue weighted by molar-refractivity contribution is -0.124. The Balaban J connectivity index is 1.61. The van der Waals surface area contributed by atoms with Crippen molar-refractivity contribution in [3.8, 4) is 5.75 Å². The fourth-order valence-corrected chi connectivity index (χ4v) is 2.90. The van der Waals surface area contributed by atoms with Crippen LogP contribution in [0.25, 0.3) is 10.9 Å². The van der Waals surface area contributed by atoms with E-state index in [1.165, 1.54) is 0 Å². The van der Waals surface area contributed by atoms with Crippen LogP contribution in [-0.4, -0.2) is 30.6 Å². The average molecular weight is 378 g/mol. The van der Waals surface area contributed by atoms with Crippen LogP contribution in [0, 0.1) is 13.8 Å². The van der Waals surface area contributed by atoms with E-state index in [0.717, 1.165) is 22.0 Å². The molecule has 1 aromatic heterocycles. The first kappa shape index (κ1) is 19.4. The lowest BCUT2D eigenvalue weighted by Gasteiger charge is -2.11. The van der Waals surface area contributed by atoms with E-state index in [1.807, 2.05) is 49.4 Å². The third kappa shape index (κ3) is 4.46. The van der Waals surface area contributed by atoms with Crippen molar-refractivity contribution in [1.82, 2.24) is 10.3 Å². The summed E-state index contributed by atoms with van der Waals surface area (Å²) in [6, 6.07) is 15.0. The number of fused-ring (bicyclic) bond motifs is 1. The molecular weight excluding hydrogens is 356 g/mol. The number of rotatable bonds is 6. The number of nitrogens with one attached hydrogen (secondary N) is 1. The molecule has 0 saturated carbocycles. The largest absolute Gasteiger partial charge is 0.496 e. The first-order chi connectivity index (χ1) is 13.5. The number of hydrogen-bond acceptors (Lipinski definition) is 5. The fraction of sp³-hybridized carbons (Fsp3) is 0.227. The fourth-order valence-electron chi connectivity index (χ4n) is 2.90. The normalized spacial score (nSPS) is 10.5. The third-order valence-electron chi connectivity index (χ3n) is 4.38. The Hall–Kier alpha value is -3.41. The highest BCUT2D eigenvalue weighted by atomic mass is 16.5. The second-order valence-electron chi connectivity index (χ2n) is 6.48. The number of methoxy groups -OCH3 is 1. The van der Waals surface area contributed by atoms with Crippen molar-refractivity contribution in [1.29, 1.82) is 0 Å². The first-order valence-electron chi connectivity index (χ1n) is 8.91. The highest BCUT2D eigenvalue weighted by molar-refractivity contribution is 5.96. The van der Waals surface area contributed by atoms with Crippen LogP contribution < -0.4 is 10.1 Å². The van der Waals surface area contributed by atoms with Crippen LogP contribution in [0.5, 0.6) is 5.75 Å². The lowest BCUT2D eigenvalue weighted by atomic mass is 10.1. The number of aromatic nitrogens is 1. The SMILES string of the molecule is COc1ccccc1CNC(=O)COC(=O)c1cc2cc(C)ccc2nc1C. The number of para-hydroxylation sites is 1. The maximum atomic E-state index is 12.4. The molecule has 144 valence electrons. The van der Waals surface area contributed by atoms with Gasteiger partial charge in [0.2, 0.25) is 0 Å². The molecule has 3 rings (SSSR count). The quantitative estimate of drug-likeness (QED) is 0.666. The molecule has 1 N–H and O–H groups in total. The van der Waals surface area contributed by atoms with Gasteiger partial charge in [-0.15, -0.1) is 0 Å². The average Bonchev–Trinajstić information content (AvgIpc) is 2.70. The summed E-state index contributed by atoms with van der Waals surface area (Å²) < 4.78 is 10.4. The number of esters is 1. The van der Waals surface area contributed by atoms with E-state index in [1.54, 1.807) is 20.1 Å². The van der Waals surface area contributed by atoms with E-state index < -0.39 is 5.97 Å². The monoisotopic (exact) mass is 378 g/mol. The number of nitrogens with zero attached hydrogens (tertiary/aromatic N) is 1. The van der Waals surface area contributed by atoms with Crippen molar-refractivity contribution in [2.75, 3.05) is 13.7 Å². The molecule has 3 aromatic rings. The highest BCUT2D eigenvalue weighted by Crippen LogP contribution is 2.19. The molecule has 0 aliphatic carbocycles. The van der Waals surface area contributed by atoms with Gasteiger partial charge >= 0.3 is 5.97 Å². The van der Waals surface area contributed by atoms with Crippen molar-refractivity contribution < 1.29 is 19.1 Å². The summed E-state index contributed by atoms with van der Waals surface area (Å²) >= 11 is 0. The minimum Gasteiger partial charge on any atom is -0.496 e. The molecule has 6 nitrogen and oxygen atoms in total. The Bertz CT molecular complexity index is 1030. The van der Waals surface area contributed by atoms with Crippen LogP contribution >= 0.6 is 0 Å². The van der Waals surface area contributed by atoms with Gasteiger partial charge in [-0.1, -0.05) is 29.8 Å². The van der Waals surface area contributed by atoms with Gasteiger partial charge in [0.15, 0.2) is 6.61 Å². The minimum atomic E-state index is -0.569. The number of amides is 1. The van der Waals surface area contributed by atoms with Crippen LogP contribution in [0.1, 0.15) is 27.2 Å². The van der Waals surface area contributed by atoms with Gasteiger partial charge in [-0.3, -0.25) is 9.78 Å². The van der Waals surface area contributed by atoms with Gasteiger partial charge in [-0.05, 0) is 38.1 Å². The summed E-state index contributed by atoms with van der Waals surface area (Å²) in [4.78, 5) is 28.9. The number of pyridine rings is 1. The number of carbonyl (C=O) groups excluding carboxylic acids is 2. The Morgan fingerprint density at radius 1 is 1.07 bits per heavy atom. The molecule has 0 bridgehead atoms. The van der Waals surface area contributed by atoms with E-state index in [0.29, 0.717) is 17.0 Å². The predicted molar refractivity (Wildman–Crippen MR) is 106 cm³/mol. The molecule has 0 atom stereocenters.